The van der Waals surface area contributed by atoms with Crippen LogP contribution >= 0.6 is 0 Å². The number of benzene rings is 1. The van der Waals surface area contributed by atoms with Gasteiger partial charge in [0.15, 0.2) is 0 Å². The fraction of sp³-hybridized carbons (Fsp3) is 0.353. The fourth-order valence-corrected chi connectivity index (χ4v) is 2.62. The summed E-state index contributed by atoms with van der Waals surface area (Å²) >= 11 is 0. The van der Waals surface area contributed by atoms with Crippen LogP contribution in [0.1, 0.15) is 28.8 Å². The number of carbonyl (C=O) groups excluding carboxylic acids is 1. The largest absolute Gasteiger partial charge is 0.471 e. The molecule has 1 fully saturated rings. The summed E-state index contributed by atoms with van der Waals surface area (Å²) < 4.78 is 5.82. The summed E-state index contributed by atoms with van der Waals surface area (Å²) in [5.41, 5.74) is 1.88. The van der Waals surface area contributed by atoms with Gasteiger partial charge in [-0.25, -0.2) is 0 Å². The van der Waals surface area contributed by atoms with Gasteiger partial charge in [-0.1, -0.05) is 17.7 Å². The maximum atomic E-state index is 12.6. The number of piperidine rings is 1. The van der Waals surface area contributed by atoms with Gasteiger partial charge >= 0.3 is 0 Å². The van der Waals surface area contributed by atoms with Gasteiger partial charge in [0.2, 0.25) is 5.88 Å². The summed E-state index contributed by atoms with van der Waals surface area (Å²) in [5, 5.41) is 7.74. The Hall–Kier alpha value is -2.43. The van der Waals surface area contributed by atoms with E-state index in [1.54, 1.807) is 18.3 Å². The molecule has 1 aromatic heterocycles. The van der Waals surface area contributed by atoms with Gasteiger partial charge in [0, 0.05) is 24.4 Å². The summed E-state index contributed by atoms with van der Waals surface area (Å²) in [7, 11) is 0. The first kappa shape index (κ1) is 14.5. The third kappa shape index (κ3) is 3.42. The van der Waals surface area contributed by atoms with Gasteiger partial charge in [-0.2, -0.15) is 5.10 Å². The number of amides is 1. The predicted molar refractivity (Wildman–Crippen MR) is 82.8 cm³/mol. The lowest BCUT2D eigenvalue weighted by atomic mass is 10.1. The van der Waals surface area contributed by atoms with Crippen LogP contribution in [0.5, 0.6) is 5.88 Å². The Balaban J connectivity index is 1.65. The third-order valence-corrected chi connectivity index (χ3v) is 3.80. The number of hydrogen-bond donors (Lipinski definition) is 0. The Morgan fingerprint density at radius 1 is 1.27 bits per heavy atom. The molecule has 1 saturated heterocycles. The Morgan fingerprint density at radius 2 is 2.09 bits per heavy atom. The molecule has 5 nitrogen and oxygen atoms in total. The minimum atomic E-state index is -0.0279. The minimum Gasteiger partial charge on any atom is -0.471 e. The first-order valence-corrected chi connectivity index (χ1v) is 7.53. The van der Waals surface area contributed by atoms with E-state index < -0.39 is 0 Å². The Labute approximate surface area is 129 Å². The van der Waals surface area contributed by atoms with Crippen LogP contribution in [0.25, 0.3) is 0 Å². The molecule has 0 N–H and O–H groups in total. The van der Waals surface area contributed by atoms with Crippen molar-refractivity contribution in [3.05, 3.63) is 53.7 Å². The smallest absolute Gasteiger partial charge is 0.253 e. The Bertz CT molecular complexity index is 628. The van der Waals surface area contributed by atoms with Gasteiger partial charge in [-0.3, -0.25) is 4.79 Å². The SMILES string of the molecule is Cc1ccc(C(=O)N2CCC[C@@H](Oc3cccnn3)C2)cc1. The molecule has 0 aliphatic carbocycles. The third-order valence-electron chi connectivity index (χ3n) is 3.80. The van der Waals surface area contributed by atoms with E-state index in [0.717, 1.165) is 30.5 Å². The van der Waals surface area contributed by atoms with E-state index in [1.807, 2.05) is 36.1 Å². The van der Waals surface area contributed by atoms with Gasteiger partial charge in [-0.05, 0) is 38.0 Å². The van der Waals surface area contributed by atoms with Crippen molar-refractivity contribution in [1.82, 2.24) is 15.1 Å². The Morgan fingerprint density at radius 3 is 2.82 bits per heavy atom. The lowest BCUT2D eigenvalue weighted by Crippen LogP contribution is -2.44. The maximum Gasteiger partial charge on any atom is 0.253 e. The topological polar surface area (TPSA) is 55.3 Å². The van der Waals surface area contributed by atoms with Crippen LogP contribution < -0.4 is 4.74 Å². The van der Waals surface area contributed by atoms with Gasteiger partial charge in [0.05, 0.1) is 6.54 Å². The van der Waals surface area contributed by atoms with Crippen molar-refractivity contribution in [1.29, 1.82) is 0 Å². The van der Waals surface area contributed by atoms with Crippen LogP contribution in [0.4, 0.5) is 0 Å². The molecule has 1 aliphatic rings. The lowest BCUT2D eigenvalue weighted by molar-refractivity contribution is 0.0525. The summed E-state index contributed by atoms with van der Waals surface area (Å²) in [6, 6.07) is 11.3. The molecule has 0 spiro atoms. The van der Waals surface area contributed by atoms with Crippen LogP contribution in [0.3, 0.4) is 0 Å². The molecule has 0 saturated carbocycles. The highest BCUT2D eigenvalue weighted by molar-refractivity contribution is 5.94. The highest BCUT2D eigenvalue weighted by Crippen LogP contribution is 2.18. The fourth-order valence-electron chi connectivity index (χ4n) is 2.62. The molecule has 1 aromatic carbocycles. The number of likely N-dealkylation sites (tertiary alicyclic amines) is 1. The second-order valence-corrected chi connectivity index (χ2v) is 5.56. The molecule has 114 valence electrons. The molecule has 3 rings (SSSR count). The van der Waals surface area contributed by atoms with E-state index in [4.69, 9.17) is 4.74 Å². The molecule has 1 amide bonds. The van der Waals surface area contributed by atoms with Crippen LogP contribution in [-0.2, 0) is 0 Å². The first-order chi connectivity index (χ1) is 10.7. The van der Waals surface area contributed by atoms with Crippen molar-refractivity contribution in [2.75, 3.05) is 13.1 Å². The zero-order chi connectivity index (χ0) is 15.4. The summed E-state index contributed by atoms with van der Waals surface area (Å²) in [6.07, 6.45) is 3.44. The monoisotopic (exact) mass is 297 g/mol. The molecule has 2 aromatic rings. The average molecular weight is 297 g/mol. The second kappa shape index (κ2) is 6.56. The summed E-state index contributed by atoms with van der Waals surface area (Å²) in [6.45, 7) is 3.37. The molecule has 0 bridgehead atoms. The maximum absolute atomic E-state index is 12.6. The number of ether oxygens (including phenoxy) is 1. The molecule has 0 unspecified atom stereocenters. The van der Waals surface area contributed by atoms with Crippen molar-refractivity contribution < 1.29 is 9.53 Å². The summed E-state index contributed by atoms with van der Waals surface area (Å²) in [5.74, 6) is 0.574. The molecule has 1 aliphatic heterocycles. The highest BCUT2D eigenvalue weighted by Gasteiger charge is 2.25. The van der Waals surface area contributed by atoms with E-state index >= 15 is 0 Å². The van der Waals surface area contributed by atoms with Crippen LogP contribution in [-0.4, -0.2) is 40.2 Å². The second-order valence-electron chi connectivity index (χ2n) is 5.56. The van der Waals surface area contributed by atoms with Crippen molar-refractivity contribution in [2.24, 2.45) is 0 Å². The first-order valence-electron chi connectivity index (χ1n) is 7.53. The number of rotatable bonds is 3. The van der Waals surface area contributed by atoms with Crippen LogP contribution in [0.2, 0.25) is 0 Å². The van der Waals surface area contributed by atoms with E-state index in [2.05, 4.69) is 10.2 Å². The Kier molecular flexibility index (Phi) is 4.32. The van der Waals surface area contributed by atoms with Gasteiger partial charge in [0.1, 0.15) is 6.10 Å². The van der Waals surface area contributed by atoms with Crippen molar-refractivity contribution in [2.45, 2.75) is 25.9 Å². The number of nitrogens with zero attached hydrogens (tertiary/aromatic N) is 3. The molecular formula is C17H19N3O2. The average Bonchev–Trinajstić information content (AvgIpc) is 2.56. The van der Waals surface area contributed by atoms with E-state index in [9.17, 15) is 4.79 Å². The number of aryl methyl sites for hydroxylation is 1. The van der Waals surface area contributed by atoms with Gasteiger partial charge < -0.3 is 9.64 Å². The normalized spacial score (nSPS) is 18.0. The van der Waals surface area contributed by atoms with Gasteiger partial charge in [0.25, 0.3) is 5.91 Å². The van der Waals surface area contributed by atoms with Crippen LogP contribution in [0.15, 0.2) is 42.6 Å². The minimum absolute atomic E-state index is 0.0279. The molecule has 22 heavy (non-hydrogen) atoms. The standard InChI is InChI=1S/C17H19N3O2/c1-13-6-8-14(9-7-13)17(21)20-11-3-4-15(12-20)22-16-5-2-10-18-19-16/h2,5-10,15H,3-4,11-12H2,1H3/t15-/m1/s1. The number of aromatic nitrogens is 2. The highest BCUT2D eigenvalue weighted by atomic mass is 16.5. The van der Waals surface area contributed by atoms with Gasteiger partial charge in [-0.15, -0.1) is 5.10 Å². The van der Waals surface area contributed by atoms with Crippen molar-refractivity contribution >= 4 is 5.91 Å². The molecular weight excluding hydrogens is 278 g/mol. The lowest BCUT2D eigenvalue weighted by Gasteiger charge is -2.32. The number of carbonyl (C=O) groups is 1. The molecule has 2 heterocycles. The van der Waals surface area contributed by atoms with Crippen molar-refractivity contribution in [3.63, 3.8) is 0 Å². The van der Waals surface area contributed by atoms with E-state index in [1.165, 1.54) is 0 Å². The van der Waals surface area contributed by atoms with Crippen molar-refractivity contribution in [3.8, 4) is 5.88 Å². The van der Waals surface area contributed by atoms with E-state index in [0.29, 0.717) is 12.4 Å². The number of hydrogen-bond acceptors (Lipinski definition) is 4. The zero-order valence-electron chi connectivity index (χ0n) is 12.6. The molecule has 0 radical (unpaired) electrons. The van der Waals surface area contributed by atoms with Crippen LogP contribution in [0, 0.1) is 6.92 Å². The predicted octanol–water partition coefficient (Wildman–Crippen LogP) is 2.47. The molecule has 1 atom stereocenters. The van der Waals surface area contributed by atoms with E-state index in [-0.39, 0.29) is 12.0 Å². The summed E-state index contributed by atoms with van der Waals surface area (Å²) in [4.78, 5) is 14.4. The molecule has 5 heteroatoms. The quantitative estimate of drug-likeness (QED) is 0.873. The zero-order valence-corrected chi connectivity index (χ0v) is 12.6.